The third-order valence-electron chi connectivity index (χ3n) is 1.78. The molecule has 0 aliphatic carbocycles. The van der Waals surface area contributed by atoms with Crippen molar-refractivity contribution in [1.82, 2.24) is 0 Å². The van der Waals surface area contributed by atoms with Gasteiger partial charge in [0, 0.05) is 24.7 Å². The van der Waals surface area contributed by atoms with E-state index in [4.69, 9.17) is 0 Å². The van der Waals surface area contributed by atoms with Crippen molar-refractivity contribution in [2.75, 3.05) is 5.32 Å². The van der Waals surface area contributed by atoms with E-state index in [2.05, 4.69) is 5.32 Å². The Labute approximate surface area is 93.4 Å². The highest BCUT2D eigenvalue weighted by Crippen LogP contribution is 2.33. The normalized spacial score (nSPS) is 11.1. The average Bonchev–Trinajstić information content (AvgIpc) is 2.14. The Kier molecular flexibility index (Phi) is 3.35. The van der Waals surface area contributed by atoms with E-state index in [0.717, 1.165) is 13.0 Å². The van der Waals surface area contributed by atoms with Gasteiger partial charge in [-0.15, -0.1) is 0 Å². The molecule has 0 unspecified atom stereocenters. The van der Waals surface area contributed by atoms with E-state index in [0.29, 0.717) is 12.1 Å². The Morgan fingerprint density at radius 3 is 2.35 bits per heavy atom. The van der Waals surface area contributed by atoms with Gasteiger partial charge in [-0.05, 0) is 6.07 Å². The molecule has 1 amide bonds. The molecule has 0 atom stereocenters. The van der Waals surface area contributed by atoms with Crippen LogP contribution in [0.3, 0.4) is 0 Å². The fraction of sp³-hybridized carbons (Fsp3) is 0.222. The lowest BCUT2D eigenvalue weighted by molar-refractivity contribution is -0.385. The zero-order valence-electron chi connectivity index (χ0n) is 8.54. The van der Waals surface area contributed by atoms with Crippen LogP contribution in [0.15, 0.2) is 18.2 Å². The highest BCUT2D eigenvalue weighted by Gasteiger charge is 2.32. The summed E-state index contributed by atoms with van der Waals surface area (Å²) < 4.78 is 37.2. The molecule has 0 radical (unpaired) electrons. The van der Waals surface area contributed by atoms with Crippen molar-refractivity contribution in [3.8, 4) is 0 Å². The summed E-state index contributed by atoms with van der Waals surface area (Å²) in [5.41, 5.74) is -2.18. The van der Waals surface area contributed by atoms with Crippen molar-refractivity contribution >= 4 is 17.3 Å². The van der Waals surface area contributed by atoms with Gasteiger partial charge in [-0.25, -0.2) is 0 Å². The lowest BCUT2D eigenvalue weighted by Crippen LogP contribution is -2.10. The Hall–Kier alpha value is -2.12. The van der Waals surface area contributed by atoms with Gasteiger partial charge in [0.1, 0.15) is 0 Å². The molecule has 0 heterocycles. The van der Waals surface area contributed by atoms with E-state index in [1.165, 1.54) is 0 Å². The lowest BCUT2D eigenvalue weighted by Gasteiger charge is -2.09. The molecule has 1 rings (SSSR count). The molecular formula is C9H7F3N2O3. The highest BCUT2D eigenvalue weighted by atomic mass is 19.4. The van der Waals surface area contributed by atoms with Crippen LogP contribution in [-0.4, -0.2) is 10.8 Å². The van der Waals surface area contributed by atoms with Gasteiger partial charge in [-0.3, -0.25) is 14.9 Å². The van der Waals surface area contributed by atoms with E-state index in [-0.39, 0.29) is 5.69 Å². The number of amides is 1. The summed E-state index contributed by atoms with van der Waals surface area (Å²) in [5.74, 6) is -0.612. The second-order valence-electron chi connectivity index (χ2n) is 3.20. The van der Waals surface area contributed by atoms with Gasteiger partial charge < -0.3 is 5.32 Å². The summed E-state index contributed by atoms with van der Waals surface area (Å²) in [6, 6.07) is 1.90. The van der Waals surface area contributed by atoms with Crippen LogP contribution in [0, 0.1) is 10.1 Å². The molecule has 0 spiro atoms. The van der Waals surface area contributed by atoms with Crippen molar-refractivity contribution in [1.29, 1.82) is 0 Å². The molecule has 1 aromatic carbocycles. The number of nitrogens with one attached hydrogen (secondary N) is 1. The molecule has 1 aromatic rings. The first-order valence-corrected chi connectivity index (χ1v) is 4.34. The molecule has 92 valence electrons. The first-order chi connectivity index (χ1) is 7.70. The van der Waals surface area contributed by atoms with Gasteiger partial charge in [0.05, 0.1) is 10.5 Å². The quantitative estimate of drug-likeness (QED) is 0.645. The van der Waals surface area contributed by atoms with Crippen LogP contribution in [0.1, 0.15) is 12.5 Å². The van der Waals surface area contributed by atoms with Crippen LogP contribution in [0.2, 0.25) is 0 Å². The van der Waals surface area contributed by atoms with Gasteiger partial charge in [-0.2, -0.15) is 13.2 Å². The molecule has 0 fully saturated rings. The predicted octanol–water partition coefficient (Wildman–Crippen LogP) is 2.57. The predicted molar refractivity (Wildman–Crippen MR) is 52.4 cm³/mol. The molecule has 0 aromatic heterocycles. The molecule has 0 saturated carbocycles. The number of anilines is 1. The van der Waals surface area contributed by atoms with Crippen molar-refractivity contribution in [2.24, 2.45) is 0 Å². The zero-order valence-corrected chi connectivity index (χ0v) is 8.54. The van der Waals surface area contributed by atoms with Crippen LogP contribution < -0.4 is 5.32 Å². The van der Waals surface area contributed by atoms with Crippen LogP contribution >= 0.6 is 0 Å². The van der Waals surface area contributed by atoms with E-state index in [1.807, 2.05) is 0 Å². The number of nitro groups is 1. The van der Waals surface area contributed by atoms with Crippen molar-refractivity contribution in [3.05, 3.63) is 33.9 Å². The fourth-order valence-electron chi connectivity index (χ4n) is 1.16. The van der Waals surface area contributed by atoms with Crippen molar-refractivity contribution < 1.29 is 22.9 Å². The number of hydrogen-bond acceptors (Lipinski definition) is 3. The number of halogens is 3. The fourth-order valence-corrected chi connectivity index (χ4v) is 1.16. The molecule has 5 nitrogen and oxygen atoms in total. The number of carbonyl (C=O) groups excluding carboxylic acids is 1. The summed E-state index contributed by atoms with van der Waals surface area (Å²) >= 11 is 0. The largest absolute Gasteiger partial charge is 0.416 e. The van der Waals surface area contributed by atoms with E-state index >= 15 is 0 Å². The van der Waals surface area contributed by atoms with Gasteiger partial charge in [0.15, 0.2) is 0 Å². The Morgan fingerprint density at radius 2 is 1.94 bits per heavy atom. The second kappa shape index (κ2) is 4.40. The summed E-state index contributed by atoms with van der Waals surface area (Å²) in [5, 5.41) is 12.5. The number of nitro benzene ring substituents is 1. The lowest BCUT2D eigenvalue weighted by atomic mass is 10.1. The number of hydrogen-bond donors (Lipinski definition) is 1. The Bertz CT molecular complexity index is 471. The highest BCUT2D eigenvalue weighted by molar-refractivity contribution is 5.89. The maximum Gasteiger partial charge on any atom is 0.416 e. The first kappa shape index (κ1) is 12.9. The Morgan fingerprint density at radius 1 is 1.35 bits per heavy atom. The first-order valence-electron chi connectivity index (χ1n) is 4.34. The van der Waals surface area contributed by atoms with Crippen LogP contribution in [-0.2, 0) is 11.0 Å². The minimum atomic E-state index is -4.71. The maximum atomic E-state index is 12.4. The van der Waals surface area contributed by atoms with E-state index < -0.39 is 28.3 Å². The molecule has 0 saturated heterocycles. The summed E-state index contributed by atoms with van der Waals surface area (Å²) in [4.78, 5) is 20.2. The molecule has 1 N–H and O–H groups in total. The number of benzene rings is 1. The summed E-state index contributed by atoms with van der Waals surface area (Å²) in [6.07, 6.45) is -4.71. The second-order valence-corrected chi connectivity index (χ2v) is 3.20. The number of nitrogens with zero attached hydrogens (tertiary/aromatic N) is 1. The number of carbonyl (C=O) groups is 1. The number of alkyl halides is 3. The third kappa shape index (κ3) is 3.44. The SMILES string of the molecule is CC(=O)Nc1cc([N+](=O)[O-])cc(C(F)(F)F)c1. The monoisotopic (exact) mass is 248 g/mol. The topological polar surface area (TPSA) is 72.2 Å². The van der Waals surface area contributed by atoms with Gasteiger partial charge in [0.2, 0.25) is 5.91 Å². The third-order valence-corrected chi connectivity index (χ3v) is 1.78. The summed E-state index contributed by atoms with van der Waals surface area (Å²) in [6.45, 7) is 1.09. The minimum absolute atomic E-state index is 0.265. The zero-order chi connectivity index (χ0) is 13.2. The van der Waals surface area contributed by atoms with Crippen LogP contribution in [0.25, 0.3) is 0 Å². The smallest absolute Gasteiger partial charge is 0.326 e. The average molecular weight is 248 g/mol. The van der Waals surface area contributed by atoms with Gasteiger partial charge in [0.25, 0.3) is 5.69 Å². The van der Waals surface area contributed by atoms with Crippen LogP contribution in [0.4, 0.5) is 24.5 Å². The van der Waals surface area contributed by atoms with Gasteiger partial charge >= 0.3 is 6.18 Å². The molecule has 17 heavy (non-hydrogen) atoms. The molecular weight excluding hydrogens is 241 g/mol. The standard InChI is InChI=1S/C9H7F3N2O3/c1-5(15)13-7-2-6(9(10,11)12)3-8(4-7)14(16)17/h2-4H,1H3,(H,13,15). The minimum Gasteiger partial charge on any atom is -0.326 e. The molecule has 8 heteroatoms. The van der Waals surface area contributed by atoms with Crippen molar-refractivity contribution in [2.45, 2.75) is 13.1 Å². The molecule has 0 aliphatic rings. The van der Waals surface area contributed by atoms with E-state index in [1.54, 1.807) is 0 Å². The summed E-state index contributed by atoms with van der Waals surface area (Å²) in [7, 11) is 0. The number of non-ortho nitro benzene ring substituents is 1. The van der Waals surface area contributed by atoms with Crippen molar-refractivity contribution in [3.63, 3.8) is 0 Å². The maximum absolute atomic E-state index is 12.4. The Balaban J connectivity index is 3.28. The van der Waals surface area contributed by atoms with Crippen LogP contribution in [0.5, 0.6) is 0 Å². The number of rotatable bonds is 2. The molecule has 0 aliphatic heterocycles. The molecule has 0 bridgehead atoms. The van der Waals surface area contributed by atoms with E-state index in [9.17, 15) is 28.1 Å². The van der Waals surface area contributed by atoms with Gasteiger partial charge in [-0.1, -0.05) is 0 Å².